The minimum atomic E-state index is -0.588. The Kier molecular flexibility index (Phi) is 8.24. The summed E-state index contributed by atoms with van der Waals surface area (Å²) in [5.41, 5.74) is 0.949. The number of amides is 2. The Morgan fingerprint density at radius 2 is 1.89 bits per heavy atom. The van der Waals surface area contributed by atoms with Crippen molar-refractivity contribution in [1.82, 2.24) is 15.5 Å². The summed E-state index contributed by atoms with van der Waals surface area (Å²) >= 11 is 5.84. The number of likely N-dealkylation sites (N-methyl/N-ethyl adjacent to an activating group) is 1. The Bertz CT molecular complexity index is 663. The zero-order valence-corrected chi connectivity index (χ0v) is 16.3. The first-order chi connectivity index (χ1) is 12.9. The third-order valence-electron chi connectivity index (χ3n) is 4.04. The number of carbonyl (C=O) groups is 2. The molecule has 0 saturated heterocycles. The van der Waals surface area contributed by atoms with Crippen molar-refractivity contribution in [1.29, 1.82) is 0 Å². The second-order valence-corrected chi connectivity index (χ2v) is 7.16. The van der Waals surface area contributed by atoms with Crippen LogP contribution in [0.15, 0.2) is 36.4 Å². The number of rotatable bonds is 8. The summed E-state index contributed by atoms with van der Waals surface area (Å²) in [5.74, 6) is -0.317. The van der Waals surface area contributed by atoms with E-state index in [2.05, 4.69) is 10.6 Å². The molecule has 1 aromatic rings. The molecule has 2 rings (SSSR count). The molecule has 148 valence electrons. The Balaban J connectivity index is 1.83. The van der Waals surface area contributed by atoms with Crippen molar-refractivity contribution in [2.75, 3.05) is 27.2 Å². The fraction of sp³-hybridized carbons (Fsp3) is 0.474. The lowest BCUT2D eigenvalue weighted by atomic mass is 10.0. The van der Waals surface area contributed by atoms with Crippen LogP contribution in [0.3, 0.4) is 0 Å². The van der Waals surface area contributed by atoms with E-state index in [9.17, 15) is 14.7 Å². The fourth-order valence-electron chi connectivity index (χ4n) is 2.71. The first-order valence-corrected chi connectivity index (χ1v) is 9.15. The molecule has 0 spiro atoms. The van der Waals surface area contributed by atoms with Crippen molar-refractivity contribution < 1.29 is 19.4 Å². The maximum absolute atomic E-state index is 12.1. The molecule has 0 unspecified atom stereocenters. The summed E-state index contributed by atoms with van der Waals surface area (Å²) in [7, 11) is 3.60. The Morgan fingerprint density at radius 3 is 2.52 bits per heavy atom. The second-order valence-electron chi connectivity index (χ2n) is 6.72. The Hall–Kier alpha value is -1.93. The van der Waals surface area contributed by atoms with Crippen LogP contribution < -0.4 is 10.6 Å². The smallest absolute Gasteiger partial charge is 0.234 e. The van der Waals surface area contributed by atoms with E-state index in [4.69, 9.17) is 16.3 Å². The van der Waals surface area contributed by atoms with Crippen LogP contribution in [-0.2, 0) is 20.9 Å². The highest BCUT2D eigenvalue weighted by atomic mass is 35.5. The SMILES string of the molecule is CN(C)CC(=O)N[C@H]1C=C[C@@H](CC(=O)NCc2ccc(Cl)cc2)O[C@H]1CO. The fourth-order valence-corrected chi connectivity index (χ4v) is 2.84. The predicted molar refractivity (Wildman–Crippen MR) is 103 cm³/mol. The van der Waals surface area contributed by atoms with E-state index in [0.717, 1.165) is 5.56 Å². The van der Waals surface area contributed by atoms with Gasteiger partial charge in [-0.1, -0.05) is 35.9 Å². The van der Waals surface area contributed by atoms with Crippen molar-refractivity contribution in [3.63, 3.8) is 0 Å². The van der Waals surface area contributed by atoms with Crippen LogP contribution in [0.1, 0.15) is 12.0 Å². The van der Waals surface area contributed by atoms with Gasteiger partial charge in [-0.3, -0.25) is 9.59 Å². The number of nitrogens with one attached hydrogen (secondary N) is 2. The van der Waals surface area contributed by atoms with E-state index in [-0.39, 0.29) is 31.4 Å². The van der Waals surface area contributed by atoms with Gasteiger partial charge in [-0.15, -0.1) is 0 Å². The molecule has 0 aromatic heterocycles. The number of hydrogen-bond donors (Lipinski definition) is 3. The van der Waals surface area contributed by atoms with Gasteiger partial charge in [0.15, 0.2) is 0 Å². The van der Waals surface area contributed by atoms with E-state index in [1.165, 1.54) is 0 Å². The maximum atomic E-state index is 12.1. The maximum Gasteiger partial charge on any atom is 0.234 e. The third-order valence-corrected chi connectivity index (χ3v) is 4.29. The Labute approximate surface area is 164 Å². The van der Waals surface area contributed by atoms with E-state index in [1.54, 1.807) is 43.3 Å². The number of carbonyl (C=O) groups excluding carboxylic acids is 2. The average Bonchev–Trinajstić information content (AvgIpc) is 2.61. The lowest BCUT2D eigenvalue weighted by Gasteiger charge is -2.32. The summed E-state index contributed by atoms with van der Waals surface area (Å²) in [5, 5.41) is 15.8. The van der Waals surface area contributed by atoms with Crippen LogP contribution in [0.4, 0.5) is 0 Å². The molecule has 1 heterocycles. The molecule has 0 radical (unpaired) electrons. The quantitative estimate of drug-likeness (QED) is 0.564. The molecular formula is C19H26ClN3O4. The number of aliphatic hydroxyl groups excluding tert-OH is 1. The van der Waals surface area contributed by atoms with Gasteiger partial charge in [-0.05, 0) is 31.8 Å². The molecule has 3 atom stereocenters. The van der Waals surface area contributed by atoms with Gasteiger partial charge in [0.1, 0.15) is 6.10 Å². The van der Waals surface area contributed by atoms with Crippen molar-refractivity contribution >= 4 is 23.4 Å². The normalized spacial score (nSPS) is 21.9. The van der Waals surface area contributed by atoms with E-state index < -0.39 is 18.2 Å². The van der Waals surface area contributed by atoms with Crippen molar-refractivity contribution in [3.8, 4) is 0 Å². The number of ether oxygens (including phenoxy) is 1. The second kappa shape index (κ2) is 10.4. The third kappa shape index (κ3) is 7.30. The van der Waals surface area contributed by atoms with Crippen molar-refractivity contribution in [2.45, 2.75) is 31.2 Å². The largest absolute Gasteiger partial charge is 0.394 e. The van der Waals surface area contributed by atoms with E-state index in [1.807, 2.05) is 12.1 Å². The molecule has 3 N–H and O–H groups in total. The zero-order valence-electron chi connectivity index (χ0n) is 15.5. The standard InChI is InChI=1S/C19H26ClN3O4/c1-23(2)11-19(26)22-16-8-7-15(27-17(16)12-24)9-18(25)21-10-13-3-5-14(20)6-4-13/h3-8,15-17,24H,9-12H2,1-2H3,(H,21,25)(H,22,26)/t15-,16-,17-/m0/s1. The highest BCUT2D eigenvalue weighted by Gasteiger charge is 2.29. The molecule has 0 bridgehead atoms. The molecule has 1 aliphatic rings. The van der Waals surface area contributed by atoms with Crippen LogP contribution in [0, 0.1) is 0 Å². The molecule has 2 amide bonds. The molecule has 1 aliphatic heterocycles. The van der Waals surface area contributed by atoms with E-state index in [0.29, 0.717) is 11.6 Å². The van der Waals surface area contributed by atoms with Gasteiger partial charge in [-0.2, -0.15) is 0 Å². The average molecular weight is 396 g/mol. The molecular weight excluding hydrogens is 370 g/mol. The number of nitrogens with zero attached hydrogens (tertiary/aromatic N) is 1. The van der Waals surface area contributed by atoms with Gasteiger partial charge in [0, 0.05) is 11.6 Å². The van der Waals surface area contributed by atoms with Crippen molar-refractivity contribution in [3.05, 3.63) is 47.0 Å². The first kappa shape index (κ1) is 21.4. The van der Waals surface area contributed by atoms with Gasteiger partial charge in [-0.25, -0.2) is 0 Å². The molecule has 1 aromatic carbocycles. The zero-order chi connectivity index (χ0) is 19.8. The van der Waals surface area contributed by atoms with Gasteiger partial charge < -0.3 is 25.4 Å². The molecule has 0 fully saturated rings. The predicted octanol–water partition coefficient (Wildman–Crippen LogP) is 0.709. The van der Waals surface area contributed by atoms with Crippen LogP contribution >= 0.6 is 11.6 Å². The van der Waals surface area contributed by atoms with Gasteiger partial charge in [0.25, 0.3) is 0 Å². The van der Waals surface area contributed by atoms with Crippen LogP contribution in [-0.4, -0.2) is 67.3 Å². The van der Waals surface area contributed by atoms with Crippen LogP contribution in [0.2, 0.25) is 5.02 Å². The van der Waals surface area contributed by atoms with E-state index >= 15 is 0 Å². The monoisotopic (exact) mass is 395 g/mol. The van der Waals surface area contributed by atoms with Crippen molar-refractivity contribution in [2.24, 2.45) is 0 Å². The highest BCUT2D eigenvalue weighted by Crippen LogP contribution is 2.16. The van der Waals surface area contributed by atoms with Crippen LogP contribution in [0.25, 0.3) is 0 Å². The summed E-state index contributed by atoms with van der Waals surface area (Å²) < 4.78 is 5.75. The number of aliphatic hydroxyl groups is 1. The van der Waals surface area contributed by atoms with Crippen LogP contribution in [0.5, 0.6) is 0 Å². The lowest BCUT2D eigenvalue weighted by molar-refractivity contribution is -0.128. The minimum Gasteiger partial charge on any atom is -0.394 e. The number of hydrogen-bond acceptors (Lipinski definition) is 5. The van der Waals surface area contributed by atoms with Gasteiger partial charge in [0.05, 0.1) is 31.7 Å². The first-order valence-electron chi connectivity index (χ1n) is 8.77. The topological polar surface area (TPSA) is 90.9 Å². The summed E-state index contributed by atoms with van der Waals surface area (Å²) in [4.78, 5) is 25.8. The Morgan fingerprint density at radius 1 is 1.19 bits per heavy atom. The van der Waals surface area contributed by atoms with Gasteiger partial charge >= 0.3 is 0 Å². The minimum absolute atomic E-state index is 0.138. The number of benzene rings is 1. The summed E-state index contributed by atoms with van der Waals surface area (Å²) in [6.07, 6.45) is 2.62. The summed E-state index contributed by atoms with van der Waals surface area (Å²) in [6.45, 7) is 0.401. The molecule has 0 saturated carbocycles. The molecule has 0 aliphatic carbocycles. The van der Waals surface area contributed by atoms with Gasteiger partial charge in [0.2, 0.25) is 11.8 Å². The molecule has 7 nitrogen and oxygen atoms in total. The molecule has 27 heavy (non-hydrogen) atoms. The summed E-state index contributed by atoms with van der Waals surface area (Å²) in [6, 6.07) is 6.82. The number of halogens is 1. The molecule has 8 heteroatoms. The highest BCUT2D eigenvalue weighted by molar-refractivity contribution is 6.30. The lowest BCUT2D eigenvalue weighted by Crippen LogP contribution is -2.50.